The number of allylic oxidation sites excluding steroid dienone is 1. The number of alkyl carbamates (subject to hydrolysis) is 1. The molecule has 7 nitrogen and oxygen atoms in total. The number of nitrogens with one attached hydrogen (secondary N) is 1. The molecule has 4 rings (SSSR count). The van der Waals surface area contributed by atoms with Crippen molar-refractivity contribution in [1.82, 2.24) is 10.2 Å². The quantitative estimate of drug-likeness (QED) is 0.187. The van der Waals surface area contributed by atoms with Gasteiger partial charge in [0.05, 0.1) is 0 Å². The number of hydrogen-bond acceptors (Lipinski definition) is 5. The van der Waals surface area contributed by atoms with Crippen LogP contribution >= 0.6 is 0 Å². The van der Waals surface area contributed by atoms with Crippen LogP contribution in [-0.2, 0) is 9.47 Å². The lowest BCUT2D eigenvalue weighted by Crippen LogP contribution is -2.51. The first-order valence-corrected chi connectivity index (χ1v) is 13.4. The van der Waals surface area contributed by atoms with Crippen LogP contribution < -0.4 is 5.32 Å². The Morgan fingerprint density at radius 2 is 1.51 bits per heavy atom. The summed E-state index contributed by atoms with van der Waals surface area (Å²) in [6, 6.07) is 0. The highest BCUT2D eigenvalue weighted by Crippen LogP contribution is 2.60. The maximum atomic E-state index is 13.3. The first-order valence-electron chi connectivity index (χ1n) is 13.4. The second-order valence-electron chi connectivity index (χ2n) is 13.1. The highest BCUT2D eigenvalue weighted by Gasteiger charge is 2.50. The van der Waals surface area contributed by atoms with E-state index in [9.17, 15) is 9.59 Å². The Balaban J connectivity index is 1.84. The van der Waals surface area contributed by atoms with Gasteiger partial charge >= 0.3 is 12.2 Å². The molecule has 7 heteroatoms. The molecule has 1 N–H and O–H groups in total. The molecule has 4 aliphatic carbocycles. The Morgan fingerprint density at radius 3 is 2.00 bits per heavy atom. The summed E-state index contributed by atoms with van der Waals surface area (Å²) in [5.74, 6) is 2.65. The number of carbonyl (C=O) groups excluding carboxylic acids is 2. The minimum atomic E-state index is -0.659. The van der Waals surface area contributed by atoms with Crippen LogP contribution in [0.15, 0.2) is 17.6 Å². The Kier molecular flexibility index (Phi) is 8.59. The molecule has 0 saturated heterocycles. The highest BCUT2D eigenvalue weighted by molar-refractivity contribution is 6.01. The van der Waals surface area contributed by atoms with Crippen molar-refractivity contribution < 1.29 is 19.1 Å². The molecular formula is C28H47N3O4. The highest BCUT2D eigenvalue weighted by atomic mass is 16.6. The van der Waals surface area contributed by atoms with Crippen molar-refractivity contribution >= 4 is 18.1 Å². The third-order valence-electron chi connectivity index (χ3n) is 7.25. The van der Waals surface area contributed by atoms with Crippen molar-refractivity contribution in [2.24, 2.45) is 28.2 Å². The Labute approximate surface area is 212 Å². The summed E-state index contributed by atoms with van der Waals surface area (Å²) in [5, 5.41) is 2.81. The number of rotatable bonds is 7. The van der Waals surface area contributed by atoms with Crippen LogP contribution in [0.2, 0.25) is 0 Å². The molecule has 4 fully saturated rings. The van der Waals surface area contributed by atoms with Gasteiger partial charge in [-0.15, -0.1) is 6.58 Å². The average molecular weight is 490 g/mol. The third-order valence-corrected chi connectivity index (χ3v) is 7.25. The van der Waals surface area contributed by atoms with Crippen molar-refractivity contribution in [2.45, 2.75) is 111 Å². The Morgan fingerprint density at radius 1 is 0.971 bits per heavy atom. The molecule has 0 aromatic rings. The number of aliphatic imine (C=N–C) groups is 1. The fourth-order valence-electron chi connectivity index (χ4n) is 6.47. The molecule has 198 valence electrons. The molecule has 0 heterocycles. The molecule has 35 heavy (non-hydrogen) atoms. The summed E-state index contributed by atoms with van der Waals surface area (Å²) in [4.78, 5) is 32.5. The fourth-order valence-corrected chi connectivity index (χ4v) is 6.47. The van der Waals surface area contributed by atoms with Gasteiger partial charge in [0, 0.05) is 13.1 Å². The van der Waals surface area contributed by atoms with E-state index in [1.54, 1.807) is 0 Å². The molecule has 0 radical (unpaired) electrons. The predicted octanol–water partition coefficient (Wildman–Crippen LogP) is 6.68. The summed E-state index contributed by atoms with van der Waals surface area (Å²) in [6.07, 6.45) is 10.9. The van der Waals surface area contributed by atoms with Crippen LogP contribution in [0.3, 0.4) is 0 Å². The molecule has 4 aliphatic rings. The maximum Gasteiger partial charge on any atom is 0.417 e. The van der Waals surface area contributed by atoms with Crippen LogP contribution in [0.5, 0.6) is 0 Å². The number of ether oxygens (including phenoxy) is 2. The normalized spacial score (nSPS) is 27.9. The van der Waals surface area contributed by atoms with Gasteiger partial charge in [-0.3, -0.25) is 10.3 Å². The van der Waals surface area contributed by atoms with E-state index in [2.05, 4.69) is 11.9 Å². The lowest BCUT2D eigenvalue weighted by molar-refractivity contribution is -0.0467. The first-order chi connectivity index (χ1) is 16.3. The van der Waals surface area contributed by atoms with Crippen molar-refractivity contribution in [3.8, 4) is 0 Å². The van der Waals surface area contributed by atoms with E-state index in [1.165, 1.54) is 43.4 Å². The summed E-state index contributed by atoms with van der Waals surface area (Å²) in [6.45, 7) is 15.8. The van der Waals surface area contributed by atoms with Gasteiger partial charge in [0.2, 0.25) is 5.96 Å². The van der Waals surface area contributed by atoms with E-state index in [0.717, 1.165) is 37.0 Å². The maximum absolute atomic E-state index is 13.3. The predicted molar refractivity (Wildman–Crippen MR) is 139 cm³/mol. The summed E-state index contributed by atoms with van der Waals surface area (Å²) in [7, 11) is 0. The zero-order valence-electron chi connectivity index (χ0n) is 22.8. The lowest BCUT2D eigenvalue weighted by atomic mass is 9.49. The van der Waals surface area contributed by atoms with Gasteiger partial charge in [0.1, 0.15) is 11.2 Å². The van der Waals surface area contributed by atoms with Crippen LogP contribution in [0.1, 0.15) is 99.3 Å². The van der Waals surface area contributed by atoms with E-state index in [1.807, 2.05) is 47.6 Å². The molecule has 2 amide bonds. The summed E-state index contributed by atoms with van der Waals surface area (Å²) in [5.41, 5.74) is -1.14. The molecule has 0 unspecified atom stereocenters. The van der Waals surface area contributed by atoms with Gasteiger partial charge < -0.3 is 9.47 Å². The van der Waals surface area contributed by atoms with E-state index >= 15 is 0 Å². The van der Waals surface area contributed by atoms with Gasteiger partial charge in [-0.25, -0.2) is 14.5 Å². The monoisotopic (exact) mass is 489 g/mol. The van der Waals surface area contributed by atoms with Crippen LogP contribution in [0.25, 0.3) is 0 Å². The number of amides is 2. The first kappa shape index (κ1) is 27.5. The molecule has 0 aromatic heterocycles. The van der Waals surface area contributed by atoms with Gasteiger partial charge in [0.25, 0.3) is 0 Å². The molecular weight excluding hydrogens is 442 g/mol. The van der Waals surface area contributed by atoms with Crippen molar-refractivity contribution in [2.75, 3.05) is 13.1 Å². The number of nitrogens with zero attached hydrogens (tertiary/aromatic N) is 2. The van der Waals surface area contributed by atoms with Gasteiger partial charge in [0.15, 0.2) is 0 Å². The lowest BCUT2D eigenvalue weighted by Gasteiger charge is -2.56. The van der Waals surface area contributed by atoms with Gasteiger partial charge in [-0.05, 0) is 122 Å². The van der Waals surface area contributed by atoms with E-state index in [0.29, 0.717) is 13.1 Å². The zero-order chi connectivity index (χ0) is 25.9. The standard InChI is InChI=1S/C28H47N3O4/c1-8-9-10-11-12-31(25(33)35-27(5,6)7)23(30-24(32)34-26(2,3)4)29-19-28-16-20-13-21(17-28)15-22(14-20)18-28/h8,20-22H,1,9-19H2,2-7H3,(H,29,30,32). The van der Waals surface area contributed by atoms with Crippen LogP contribution in [0, 0.1) is 23.2 Å². The minimum absolute atomic E-state index is 0.179. The van der Waals surface area contributed by atoms with E-state index in [-0.39, 0.29) is 11.4 Å². The van der Waals surface area contributed by atoms with Crippen molar-refractivity contribution in [1.29, 1.82) is 0 Å². The Hall–Kier alpha value is -2.05. The van der Waals surface area contributed by atoms with Gasteiger partial charge in [-0.2, -0.15) is 0 Å². The molecule has 4 saturated carbocycles. The molecule has 0 aliphatic heterocycles. The molecule has 4 bridgehead atoms. The number of hydrogen-bond donors (Lipinski definition) is 1. The zero-order valence-corrected chi connectivity index (χ0v) is 22.8. The fraction of sp³-hybridized carbons (Fsp3) is 0.821. The Bertz CT molecular complexity index is 771. The largest absolute Gasteiger partial charge is 0.444 e. The SMILES string of the molecule is C=CCCCCN(C(=O)OC(C)(C)C)C(=NCC12CC3CC(CC(C3)C1)C2)NC(=O)OC(C)(C)C. The number of unbranched alkanes of at least 4 members (excludes halogenated alkanes) is 2. The third kappa shape index (κ3) is 8.25. The summed E-state index contributed by atoms with van der Waals surface area (Å²) < 4.78 is 11.2. The smallest absolute Gasteiger partial charge is 0.417 e. The average Bonchev–Trinajstić information content (AvgIpc) is 2.67. The van der Waals surface area contributed by atoms with Crippen molar-refractivity contribution in [3.63, 3.8) is 0 Å². The second kappa shape index (κ2) is 10.9. The minimum Gasteiger partial charge on any atom is -0.444 e. The second-order valence-corrected chi connectivity index (χ2v) is 13.1. The van der Waals surface area contributed by atoms with E-state index in [4.69, 9.17) is 14.5 Å². The number of guanidine groups is 1. The molecule has 0 aromatic carbocycles. The summed E-state index contributed by atoms with van der Waals surface area (Å²) >= 11 is 0. The molecule has 0 spiro atoms. The molecule has 0 atom stereocenters. The number of carbonyl (C=O) groups is 2. The van der Waals surface area contributed by atoms with Crippen LogP contribution in [-0.4, -0.2) is 47.3 Å². The van der Waals surface area contributed by atoms with Crippen molar-refractivity contribution in [3.05, 3.63) is 12.7 Å². The topological polar surface area (TPSA) is 80.2 Å². The van der Waals surface area contributed by atoms with Crippen LogP contribution in [0.4, 0.5) is 9.59 Å². The van der Waals surface area contributed by atoms with Gasteiger partial charge in [-0.1, -0.05) is 6.08 Å². The van der Waals surface area contributed by atoms with E-state index < -0.39 is 23.4 Å².